The first-order valence-electron chi connectivity index (χ1n) is 11.1. The van der Waals surface area contributed by atoms with E-state index in [4.69, 9.17) is 14.2 Å². The molecule has 0 bridgehead atoms. The molecule has 3 rings (SSSR count). The molecular formula is C24H25N5O8. The number of nitro benzene ring substituents is 1. The van der Waals surface area contributed by atoms with Crippen LogP contribution in [0.15, 0.2) is 58.8 Å². The van der Waals surface area contributed by atoms with Gasteiger partial charge in [0.05, 0.1) is 36.5 Å². The third kappa shape index (κ3) is 6.81. The molecule has 0 unspecified atom stereocenters. The van der Waals surface area contributed by atoms with E-state index in [1.54, 1.807) is 38.1 Å². The van der Waals surface area contributed by atoms with Crippen molar-refractivity contribution in [3.05, 3.63) is 75.0 Å². The fourth-order valence-electron chi connectivity index (χ4n) is 3.48. The van der Waals surface area contributed by atoms with E-state index in [0.29, 0.717) is 16.8 Å². The number of hydrogen-bond donors (Lipinski definition) is 3. The van der Waals surface area contributed by atoms with Crippen molar-refractivity contribution in [2.45, 2.75) is 19.9 Å². The summed E-state index contributed by atoms with van der Waals surface area (Å²) in [4.78, 5) is 47.0. The molecule has 0 aliphatic carbocycles. The Kier molecular flexibility index (Phi) is 8.76. The number of non-ortho nitro benzene ring substituents is 1. The van der Waals surface area contributed by atoms with Gasteiger partial charge in [-0.3, -0.25) is 14.9 Å². The van der Waals surface area contributed by atoms with Gasteiger partial charge in [-0.25, -0.2) is 15.0 Å². The molecule has 2 aromatic rings. The highest BCUT2D eigenvalue weighted by Crippen LogP contribution is 2.34. The van der Waals surface area contributed by atoms with Crippen molar-refractivity contribution in [1.29, 1.82) is 0 Å². The average Bonchev–Trinajstić information content (AvgIpc) is 2.87. The molecule has 1 aliphatic heterocycles. The lowest BCUT2D eigenvalue weighted by Gasteiger charge is -2.28. The van der Waals surface area contributed by atoms with Crippen molar-refractivity contribution < 1.29 is 33.5 Å². The second kappa shape index (κ2) is 12.2. The average molecular weight is 511 g/mol. The first kappa shape index (κ1) is 26.7. The third-order valence-electron chi connectivity index (χ3n) is 5.13. The predicted molar refractivity (Wildman–Crippen MR) is 131 cm³/mol. The zero-order chi connectivity index (χ0) is 26.9. The Morgan fingerprint density at radius 2 is 2.00 bits per heavy atom. The Bertz CT molecular complexity index is 1270. The van der Waals surface area contributed by atoms with E-state index in [1.807, 2.05) is 0 Å². The molecule has 1 aliphatic rings. The summed E-state index contributed by atoms with van der Waals surface area (Å²) in [5.74, 6) is -0.650. The molecule has 1 heterocycles. The third-order valence-corrected chi connectivity index (χ3v) is 5.13. The predicted octanol–water partition coefficient (Wildman–Crippen LogP) is 2.32. The van der Waals surface area contributed by atoms with Crippen LogP contribution in [-0.2, 0) is 14.3 Å². The number of methoxy groups -OCH3 is 1. The number of rotatable bonds is 10. The lowest BCUT2D eigenvalue weighted by atomic mass is 9.95. The van der Waals surface area contributed by atoms with Gasteiger partial charge in [0.15, 0.2) is 18.1 Å². The molecule has 13 heteroatoms. The van der Waals surface area contributed by atoms with Crippen molar-refractivity contribution in [2.75, 3.05) is 20.3 Å². The number of ether oxygens (including phenoxy) is 3. The number of carbonyl (C=O) groups is 3. The van der Waals surface area contributed by atoms with E-state index in [1.165, 1.54) is 31.5 Å². The maximum atomic E-state index is 12.5. The first-order chi connectivity index (χ1) is 17.7. The highest BCUT2D eigenvalue weighted by molar-refractivity contribution is 5.95. The van der Waals surface area contributed by atoms with E-state index in [2.05, 4.69) is 21.2 Å². The summed E-state index contributed by atoms with van der Waals surface area (Å²) in [7, 11) is 1.41. The number of benzene rings is 2. The molecule has 0 radical (unpaired) electrons. The van der Waals surface area contributed by atoms with E-state index in [-0.39, 0.29) is 29.4 Å². The number of nitrogens with zero attached hydrogens (tertiary/aromatic N) is 2. The van der Waals surface area contributed by atoms with E-state index < -0.39 is 35.5 Å². The molecule has 37 heavy (non-hydrogen) atoms. The van der Waals surface area contributed by atoms with Gasteiger partial charge in [-0.05, 0) is 31.5 Å². The number of amides is 3. The Balaban J connectivity index is 1.68. The molecule has 0 saturated carbocycles. The van der Waals surface area contributed by atoms with E-state index in [0.717, 1.165) is 0 Å². The Morgan fingerprint density at radius 3 is 2.70 bits per heavy atom. The van der Waals surface area contributed by atoms with Crippen molar-refractivity contribution in [3.8, 4) is 11.5 Å². The zero-order valence-corrected chi connectivity index (χ0v) is 20.3. The van der Waals surface area contributed by atoms with Gasteiger partial charge in [-0.1, -0.05) is 18.2 Å². The number of allylic oxidation sites excluding steroid dienone is 1. The first-order valence-corrected chi connectivity index (χ1v) is 11.1. The summed E-state index contributed by atoms with van der Waals surface area (Å²) < 4.78 is 16.0. The van der Waals surface area contributed by atoms with Gasteiger partial charge < -0.3 is 24.8 Å². The van der Waals surface area contributed by atoms with Gasteiger partial charge >= 0.3 is 12.0 Å². The van der Waals surface area contributed by atoms with Crippen molar-refractivity contribution in [1.82, 2.24) is 16.1 Å². The largest absolute Gasteiger partial charge is 0.493 e. The molecule has 3 amide bonds. The summed E-state index contributed by atoms with van der Waals surface area (Å²) >= 11 is 0. The number of hydrazone groups is 1. The van der Waals surface area contributed by atoms with Crippen LogP contribution in [0, 0.1) is 10.1 Å². The minimum atomic E-state index is -0.790. The number of hydrogen-bond acceptors (Lipinski definition) is 9. The number of nitro groups is 1. The van der Waals surface area contributed by atoms with Crippen molar-refractivity contribution in [3.63, 3.8) is 0 Å². The molecule has 0 aromatic heterocycles. The second-order valence-corrected chi connectivity index (χ2v) is 7.63. The number of urea groups is 1. The summed E-state index contributed by atoms with van der Waals surface area (Å²) in [6.07, 6.45) is 1.27. The van der Waals surface area contributed by atoms with E-state index in [9.17, 15) is 24.5 Å². The van der Waals surface area contributed by atoms with Crippen molar-refractivity contribution in [2.24, 2.45) is 5.10 Å². The molecule has 1 atom stereocenters. The van der Waals surface area contributed by atoms with Gasteiger partial charge in [0.1, 0.15) is 0 Å². The normalized spacial score (nSPS) is 15.0. The van der Waals surface area contributed by atoms with Gasteiger partial charge in [0.2, 0.25) is 0 Å². The Morgan fingerprint density at radius 1 is 1.22 bits per heavy atom. The smallest absolute Gasteiger partial charge is 0.338 e. The summed E-state index contributed by atoms with van der Waals surface area (Å²) in [6.45, 7) is 3.05. The molecule has 194 valence electrons. The van der Waals surface area contributed by atoms with Crippen LogP contribution >= 0.6 is 0 Å². The maximum Gasteiger partial charge on any atom is 0.338 e. The van der Waals surface area contributed by atoms with Crippen LogP contribution in [0.2, 0.25) is 0 Å². The topological polar surface area (TPSA) is 170 Å². The van der Waals surface area contributed by atoms with E-state index >= 15 is 0 Å². The zero-order valence-electron chi connectivity index (χ0n) is 20.3. The lowest BCUT2D eigenvalue weighted by molar-refractivity contribution is -0.384. The summed E-state index contributed by atoms with van der Waals surface area (Å²) in [6, 6.07) is 9.24. The van der Waals surface area contributed by atoms with Gasteiger partial charge in [-0.15, -0.1) is 0 Å². The molecule has 0 saturated heterocycles. The SMILES string of the molecule is CCOC(=O)C1=C(C)NC(=O)N[C@@H]1c1ccc(OCC(=O)N/N=C\c2cccc([N+](=O)[O-])c2)c(OC)c1. The van der Waals surface area contributed by atoms with Gasteiger partial charge in [0, 0.05) is 23.4 Å². The second-order valence-electron chi connectivity index (χ2n) is 7.63. The quantitative estimate of drug-likeness (QED) is 0.189. The highest BCUT2D eigenvalue weighted by atomic mass is 16.6. The summed E-state index contributed by atoms with van der Waals surface area (Å²) in [5, 5.41) is 19.9. The molecule has 13 nitrogen and oxygen atoms in total. The minimum absolute atomic E-state index is 0.0989. The van der Waals surface area contributed by atoms with Crippen LogP contribution in [-0.4, -0.2) is 49.4 Å². The van der Waals surface area contributed by atoms with Crippen LogP contribution in [0.3, 0.4) is 0 Å². The maximum absolute atomic E-state index is 12.5. The molecular weight excluding hydrogens is 486 g/mol. The van der Waals surface area contributed by atoms with Gasteiger partial charge in [-0.2, -0.15) is 5.10 Å². The number of nitrogens with one attached hydrogen (secondary N) is 3. The fourth-order valence-corrected chi connectivity index (χ4v) is 3.48. The van der Waals surface area contributed by atoms with Crippen LogP contribution in [0.25, 0.3) is 0 Å². The molecule has 2 aromatic carbocycles. The number of carbonyl (C=O) groups excluding carboxylic acids is 3. The highest BCUT2D eigenvalue weighted by Gasteiger charge is 2.32. The minimum Gasteiger partial charge on any atom is -0.493 e. The summed E-state index contributed by atoms with van der Waals surface area (Å²) in [5.41, 5.74) is 3.76. The fraction of sp³-hybridized carbons (Fsp3) is 0.250. The standard InChI is InChI=1S/C24H25N5O8/c1-4-36-23(31)21-14(2)26-24(32)27-22(21)16-8-9-18(19(11-16)35-3)37-13-20(30)28-25-12-15-6-5-7-17(10-15)29(33)34/h5-12,22H,4,13H2,1-3H3,(H,28,30)(H2,26,27,32)/b25-12-/t22-/m1/s1. The van der Waals surface area contributed by atoms with Gasteiger partial charge in [0.25, 0.3) is 11.6 Å². The Hall–Kier alpha value is -4.94. The number of esters is 1. The molecule has 0 fully saturated rings. The van der Waals surface area contributed by atoms with Crippen LogP contribution in [0.1, 0.15) is 31.0 Å². The van der Waals surface area contributed by atoms with Crippen LogP contribution in [0.4, 0.5) is 10.5 Å². The lowest BCUT2D eigenvalue weighted by Crippen LogP contribution is -2.45. The monoisotopic (exact) mass is 511 g/mol. The van der Waals surface area contributed by atoms with Crippen LogP contribution < -0.4 is 25.5 Å². The Labute approximate surface area is 211 Å². The van der Waals surface area contributed by atoms with Crippen LogP contribution in [0.5, 0.6) is 11.5 Å². The molecule has 0 spiro atoms. The molecule has 3 N–H and O–H groups in total. The van der Waals surface area contributed by atoms with Crippen molar-refractivity contribution >= 4 is 29.8 Å².